The third-order valence-electron chi connectivity index (χ3n) is 5.66. The summed E-state index contributed by atoms with van der Waals surface area (Å²) in [7, 11) is 0. The summed E-state index contributed by atoms with van der Waals surface area (Å²) in [5.74, 6) is 0.0819. The van der Waals surface area contributed by atoms with E-state index in [1.165, 1.54) is 36.8 Å². The highest BCUT2D eigenvalue weighted by molar-refractivity contribution is 7.12. The normalized spacial score (nSPS) is 28.0. The molecule has 3 heterocycles. The number of hydrogen-bond donors (Lipinski definition) is 1. The first-order valence-corrected chi connectivity index (χ1v) is 10.4. The predicted octanol–water partition coefficient (Wildman–Crippen LogP) is 1.93. The molecule has 2 saturated heterocycles. The van der Waals surface area contributed by atoms with Crippen LogP contribution in [0.3, 0.4) is 0 Å². The zero-order valence-corrected chi connectivity index (χ0v) is 15.7. The smallest absolute Gasteiger partial charge is 0.264 e. The van der Waals surface area contributed by atoms with Gasteiger partial charge in [0.1, 0.15) is 5.60 Å². The van der Waals surface area contributed by atoms with Crippen LogP contribution in [-0.4, -0.2) is 72.4 Å². The topological polar surface area (TPSA) is 53.0 Å². The SMILES string of the molecule is O=C(c1scc2c1CCCC2)N1CCOCC(O)(CN2CCCC2)C1. The molecule has 1 aliphatic carbocycles. The van der Waals surface area contributed by atoms with Gasteiger partial charge >= 0.3 is 0 Å². The van der Waals surface area contributed by atoms with Gasteiger partial charge in [-0.25, -0.2) is 0 Å². The Bertz CT molecular complexity index is 626. The van der Waals surface area contributed by atoms with Crippen molar-refractivity contribution in [2.75, 3.05) is 45.9 Å². The first kappa shape index (κ1) is 17.5. The van der Waals surface area contributed by atoms with Crippen molar-refractivity contribution in [2.45, 2.75) is 44.1 Å². The van der Waals surface area contributed by atoms with Crippen molar-refractivity contribution in [3.63, 3.8) is 0 Å². The lowest BCUT2D eigenvalue weighted by atomic mass is 9.93. The first-order chi connectivity index (χ1) is 12.1. The fourth-order valence-electron chi connectivity index (χ4n) is 4.39. The van der Waals surface area contributed by atoms with Crippen molar-refractivity contribution < 1.29 is 14.6 Å². The standard InChI is InChI=1S/C19H28N2O3S/c22-18(17-16-6-2-1-5-15(16)11-25-17)21-9-10-24-14-19(23,13-21)12-20-7-3-4-8-20/h11,23H,1-10,12-14H2. The Morgan fingerprint density at radius 1 is 1.20 bits per heavy atom. The number of carbonyl (C=O) groups excluding carboxylic acids is 1. The van der Waals surface area contributed by atoms with Gasteiger partial charge in [-0.05, 0) is 68.1 Å². The van der Waals surface area contributed by atoms with E-state index in [1.807, 2.05) is 4.90 Å². The van der Waals surface area contributed by atoms with Crippen LogP contribution >= 0.6 is 11.3 Å². The summed E-state index contributed by atoms with van der Waals surface area (Å²) in [6.45, 7) is 4.42. The third-order valence-corrected chi connectivity index (χ3v) is 6.72. The number of fused-ring (bicyclic) bond motifs is 1. The van der Waals surface area contributed by atoms with Gasteiger partial charge in [0.05, 0.1) is 24.6 Å². The van der Waals surface area contributed by atoms with Gasteiger partial charge in [-0.1, -0.05) is 0 Å². The van der Waals surface area contributed by atoms with Gasteiger partial charge in [-0.3, -0.25) is 4.79 Å². The van der Waals surface area contributed by atoms with Gasteiger partial charge < -0.3 is 19.6 Å². The second-order valence-electron chi connectivity index (χ2n) is 7.76. The van der Waals surface area contributed by atoms with Crippen molar-refractivity contribution in [3.8, 4) is 0 Å². The maximum Gasteiger partial charge on any atom is 0.264 e. The molecule has 5 nitrogen and oxygen atoms in total. The van der Waals surface area contributed by atoms with Gasteiger partial charge in [-0.15, -0.1) is 11.3 Å². The predicted molar refractivity (Wildman–Crippen MR) is 98.3 cm³/mol. The van der Waals surface area contributed by atoms with E-state index in [0.29, 0.717) is 32.8 Å². The number of ether oxygens (including phenoxy) is 1. The molecule has 6 heteroatoms. The second-order valence-corrected chi connectivity index (χ2v) is 8.64. The van der Waals surface area contributed by atoms with Crippen molar-refractivity contribution in [1.82, 2.24) is 9.80 Å². The number of thiophene rings is 1. The van der Waals surface area contributed by atoms with E-state index in [4.69, 9.17) is 4.74 Å². The molecule has 1 amide bonds. The number of rotatable bonds is 3. The Balaban J connectivity index is 1.50. The Morgan fingerprint density at radius 3 is 2.84 bits per heavy atom. The average molecular weight is 365 g/mol. The van der Waals surface area contributed by atoms with E-state index < -0.39 is 5.60 Å². The van der Waals surface area contributed by atoms with Gasteiger partial charge in [0, 0.05) is 13.1 Å². The van der Waals surface area contributed by atoms with Gasteiger partial charge in [-0.2, -0.15) is 0 Å². The quantitative estimate of drug-likeness (QED) is 0.890. The maximum atomic E-state index is 13.2. The zero-order valence-electron chi connectivity index (χ0n) is 14.8. The molecule has 0 bridgehead atoms. The molecule has 1 N–H and O–H groups in total. The Hall–Kier alpha value is -0.950. The summed E-state index contributed by atoms with van der Waals surface area (Å²) in [6.07, 6.45) is 6.90. The van der Waals surface area contributed by atoms with Crippen LogP contribution in [0.25, 0.3) is 0 Å². The van der Waals surface area contributed by atoms with E-state index >= 15 is 0 Å². The van der Waals surface area contributed by atoms with Crippen LogP contribution in [0.4, 0.5) is 0 Å². The van der Waals surface area contributed by atoms with Gasteiger partial charge in [0.2, 0.25) is 0 Å². The molecule has 0 saturated carbocycles. The Kier molecular flexibility index (Phi) is 5.13. The minimum atomic E-state index is -0.964. The number of aryl methyl sites for hydroxylation is 1. The van der Waals surface area contributed by atoms with Gasteiger partial charge in [0.25, 0.3) is 5.91 Å². The summed E-state index contributed by atoms with van der Waals surface area (Å²) in [5, 5.41) is 13.3. The second kappa shape index (κ2) is 7.35. The lowest BCUT2D eigenvalue weighted by Gasteiger charge is -2.34. The highest BCUT2D eigenvalue weighted by atomic mass is 32.1. The molecule has 138 valence electrons. The number of hydrogen-bond acceptors (Lipinski definition) is 5. The molecule has 0 aromatic carbocycles. The largest absolute Gasteiger partial charge is 0.384 e. The van der Waals surface area contributed by atoms with Crippen LogP contribution in [0.15, 0.2) is 5.38 Å². The van der Waals surface area contributed by atoms with Crippen molar-refractivity contribution in [3.05, 3.63) is 21.4 Å². The number of β-amino-alcohol motifs (C(OH)–C–C–N with tert-alkyl or cyclic N) is 1. The highest BCUT2D eigenvalue weighted by Crippen LogP contribution is 2.31. The fourth-order valence-corrected chi connectivity index (χ4v) is 5.51. The summed E-state index contributed by atoms with van der Waals surface area (Å²) in [4.78, 5) is 18.2. The van der Waals surface area contributed by atoms with E-state index in [1.54, 1.807) is 11.3 Å². The number of aliphatic hydroxyl groups is 1. The number of amides is 1. The molecule has 3 aliphatic rings. The zero-order chi connectivity index (χ0) is 17.3. The number of nitrogens with zero attached hydrogens (tertiary/aromatic N) is 2. The molecule has 1 unspecified atom stereocenters. The Morgan fingerprint density at radius 2 is 2.00 bits per heavy atom. The molecule has 4 rings (SSSR count). The van der Waals surface area contributed by atoms with E-state index in [2.05, 4.69) is 10.3 Å². The van der Waals surface area contributed by atoms with E-state index in [-0.39, 0.29) is 5.91 Å². The van der Waals surface area contributed by atoms with Crippen LogP contribution in [-0.2, 0) is 17.6 Å². The van der Waals surface area contributed by atoms with E-state index in [9.17, 15) is 9.90 Å². The molecule has 2 aliphatic heterocycles. The number of carbonyl (C=O) groups is 1. The van der Waals surface area contributed by atoms with Crippen LogP contribution in [0, 0.1) is 0 Å². The lowest BCUT2D eigenvalue weighted by molar-refractivity contribution is -0.0524. The highest BCUT2D eigenvalue weighted by Gasteiger charge is 2.37. The molecule has 2 fully saturated rings. The molecule has 1 atom stereocenters. The fraction of sp³-hybridized carbons (Fsp3) is 0.737. The van der Waals surface area contributed by atoms with Crippen LogP contribution in [0.5, 0.6) is 0 Å². The molecule has 0 radical (unpaired) electrons. The minimum absolute atomic E-state index is 0.0819. The minimum Gasteiger partial charge on any atom is -0.384 e. The maximum absolute atomic E-state index is 13.2. The van der Waals surface area contributed by atoms with E-state index in [0.717, 1.165) is 30.8 Å². The molecule has 1 aromatic rings. The first-order valence-electron chi connectivity index (χ1n) is 9.56. The van der Waals surface area contributed by atoms with Crippen molar-refractivity contribution in [2.24, 2.45) is 0 Å². The molecule has 1 aromatic heterocycles. The van der Waals surface area contributed by atoms with Crippen molar-refractivity contribution in [1.29, 1.82) is 0 Å². The number of likely N-dealkylation sites (tertiary alicyclic amines) is 1. The summed E-state index contributed by atoms with van der Waals surface area (Å²) < 4.78 is 5.66. The van der Waals surface area contributed by atoms with Crippen LogP contribution in [0.1, 0.15) is 46.5 Å². The Labute approximate surface area is 153 Å². The molecule has 25 heavy (non-hydrogen) atoms. The average Bonchev–Trinajstić information content (AvgIpc) is 3.22. The summed E-state index contributed by atoms with van der Waals surface area (Å²) in [6, 6.07) is 0. The molecular weight excluding hydrogens is 336 g/mol. The molecule has 0 spiro atoms. The lowest BCUT2D eigenvalue weighted by Crippen LogP contribution is -2.53. The van der Waals surface area contributed by atoms with Crippen LogP contribution < -0.4 is 0 Å². The van der Waals surface area contributed by atoms with Crippen molar-refractivity contribution >= 4 is 17.2 Å². The van der Waals surface area contributed by atoms with Crippen LogP contribution in [0.2, 0.25) is 0 Å². The summed E-state index contributed by atoms with van der Waals surface area (Å²) >= 11 is 1.58. The monoisotopic (exact) mass is 364 g/mol. The summed E-state index contributed by atoms with van der Waals surface area (Å²) in [5.41, 5.74) is 1.65. The molecular formula is C19H28N2O3S. The van der Waals surface area contributed by atoms with Gasteiger partial charge in [0.15, 0.2) is 0 Å². The third kappa shape index (κ3) is 3.77.